The van der Waals surface area contributed by atoms with Crippen LogP contribution in [0, 0.1) is 0 Å². The third kappa shape index (κ3) is 13.5. The van der Waals surface area contributed by atoms with E-state index in [0.717, 1.165) is 36.4 Å². The molecule has 0 aliphatic rings. The monoisotopic (exact) mass is 744 g/mol. The molecular formula is C39H57IN2O4. The van der Waals surface area contributed by atoms with E-state index >= 15 is 0 Å². The van der Waals surface area contributed by atoms with E-state index in [9.17, 15) is 4.79 Å². The Morgan fingerprint density at radius 1 is 0.674 bits per heavy atom. The molecular weight excluding hydrogens is 687 g/mol. The highest BCUT2D eigenvalue weighted by molar-refractivity contribution is 5.96. The van der Waals surface area contributed by atoms with Crippen LogP contribution in [0.15, 0.2) is 66.9 Å². The lowest BCUT2D eigenvalue weighted by Crippen LogP contribution is -3.00. The van der Waals surface area contributed by atoms with Crippen LogP contribution in [0.3, 0.4) is 0 Å². The first-order chi connectivity index (χ1) is 22.1. The fourth-order valence-corrected chi connectivity index (χ4v) is 5.78. The number of amides is 1. The molecule has 7 heteroatoms. The third-order valence-electron chi connectivity index (χ3n) is 8.33. The van der Waals surface area contributed by atoms with Gasteiger partial charge in [-0.1, -0.05) is 109 Å². The second kappa shape index (κ2) is 23.5. The van der Waals surface area contributed by atoms with Gasteiger partial charge in [-0.05, 0) is 36.2 Å². The van der Waals surface area contributed by atoms with Crippen molar-refractivity contribution in [2.24, 2.45) is 0 Å². The number of carbonyl (C=O) groups excluding carboxylic acids is 1. The van der Waals surface area contributed by atoms with Crippen LogP contribution in [0.25, 0.3) is 0 Å². The minimum Gasteiger partial charge on any atom is -1.00 e. The number of ether oxygens (including phenoxy) is 3. The summed E-state index contributed by atoms with van der Waals surface area (Å²) in [6.07, 6.45) is 18.9. The van der Waals surface area contributed by atoms with E-state index in [1.54, 1.807) is 14.2 Å². The molecule has 0 aliphatic heterocycles. The van der Waals surface area contributed by atoms with Crippen LogP contribution in [-0.4, -0.2) is 31.6 Å². The molecule has 6 nitrogen and oxygen atoms in total. The van der Waals surface area contributed by atoms with E-state index in [2.05, 4.69) is 30.7 Å². The molecule has 0 bridgehead atoms. The summed E-state index contributed by atoms with van der Waals surface area (Å²) in [5.74, 6) is 1.93. The molecule has 3 aromatic rings. The summed E-state index contributed by atoms with van der Waals surface area (Å²) in [5.41, 5.74) is 2.61. The van der Waals surface area contributed by atoms with Gasteiger partial charge >= 0.3 is 0 Å². The lowest BCUT2D eigenvalue weighted by Gasteiger charge is -2.23. The van der Waals surface area contributed by atoms with Gasteiger partial charge in [-0.15, -0.1) is 0 Å². The number of carbonyl (C=O) groups is 1. The maximum atomic E-state index is 14.0. The fraction of sp³-hybridized carbons (Fsp3) is 0.538. The first-order valence-electron chi connectivity index (χ1n) is 17.3. The molecule has 3 rings (SSSR count). The zero-order chi connectivity index (χ0) is 32.1. The molecule has 2 aromatic carbocycles. The molecule has 0 unspecified atom stereocenters. The maximum absolute atomic E-state index is 14.0. The van der Waals surface area contributed by atoms with Crippen molar-refractivity contribution in [3.8, 4) is 17.2 Å². The van der Waals surface area contributed by atoms with Crippen LogP contribution < -0.4 is 42.8 Å². The molecule has 0 atom stereocenters. The third-order valence-corrected chi connectivity index (χ3v) is 8.33. The van der Waals surface area contributed by atoms with Crippen LogP contribution in [0.1, 0.15) is 119 Å². The first-order valence-corrected chi connectivity index (χ1v) is 17.3. The van der Waals surface area contributed by atoms with Crippen molar-refractivity contribution in [1.82, 2.24) is 4.90 Å². The number of pyridine rings is 1. The van der Waals surface area contributed by atoms with Gasteiger partial charge in [0.25, 0.3) is 5.91 Å². The highest BCUT2D eigenvalue weighted by Gasteiger charge is 2.24. The van der Waals surface area contributed by atoms with E-state index < -0.39 is 0 Å². The topological polar surface area (TPSA) is 51.9 Å². The van der Waals surface area contributed by atoms with E-state index in [1.807, 2.05) is 59.5 Å². The van der Waals surface area contributed by atoms with Crippen molar-refractivity contribution in [3.05, 3.63) is 83.7 Å². The molecule has 0 spiro atoms. The van der Waals surface area contributed by atoms with Crippen molar-refractivity contribution in [3.63, 3.8) is 0 Å². The SMILES string of the molecule is CCCCCCCCCCCCCCOc1ccc(CN(Cc2cccc[n+]2CCC)C(=O)c2ccccc2OC)cc1OC.[I-]. The first kappa shape index (κ1) is 39.4. The summed E-state index contributed by atoms with van der Waals surface area (Å²) >= 11 is 0. The van der Waals surface area contributed by atoms with Crippen LogP contribution in [0.4, 0.5) is 0 Å². The number of halogens is 1. The lowest BCUT2D eigenvalue weighted by molar-refractivity contribution is -0.705. The fourth-order valence-electron chi connectivity index (χ4n) is 5.78. The highest BCUT2D eigenvalue weighted by Crippen LogP contribution is 2.30. The van der Waals surface area contributed by atoms with Gasteiger partial charge in [0, 0.05) is 25.1 Å². The number of aromatic nitrogens is 1. The molecule has 0 N–H and O–H groups in total. The van der Waals surface area contributed by atoms with Crippen LogP contribution in [0.2, 0.25) is 0 Å². The molecule has 1 aromatic heterocycles. The largest absolute Gasteiger partial charge is 1.00 e. The number of rotatable bonds is 23. The van der Waals surface area contributed by atoms with Gasteiger partial charge in [0.1, 0.15) is 18.8 Å². The van der Waals surface area contributed by atoms with Gasteiger partial charge in [-0.3, -0.25) is 4.79 Å². The Kier molecular flexibility index (Phi) is 20.1. The van der Waals surface area contributed by atoms with Crippen molar-refractivity contribution in [2.75, 3.05) is 20.8 Å². The molecule has 1 amide bonds. The van der Waals surface area contributed by atoms with Crippen molar-refractivity contribution < 1.29 is 47.5 Å². The number of benzene rings is 2. The Morgan fingerprint density at radius 2 is 1.30 bits per heavy atom. The Bertz CT molecular complexity index is 1270. The minimum atomic E-state index is -0.0781. The Hall–Kier alpha value is -2.81. The maximum Gasteiger partial charge on any atom is 0.258 e. The van der Waals surface area contributed by atoms with Gasteiger partial charge in [0.2, 0.25) is 5.69 Å². The summed E-state index contributed by atoms with van der Waals surface area (Å²) in [4.78, 5) is 15.8. The number of hydrogen-bond donors (Lipinski definition) is 0. The quantitative estimate of drug-likeness (QED) is 0.0648. The van der Waals surface area contributed by atoms with Crippen molar-refractivity contribution >= 4 is 5.91 Å². The number of aryl methyl sites for hydroxylation is 1. The molecule has 0 radical (unpaired) electrons. The zero-order valence-electron chi connectivity index (χ0n) is 28.8. The Morgan fingerprint density at radius 3 is 1.96 bits per heavy atom. The Balaban J connectivity index is 0.00000736. The van der Waals surface area contributed by atoms with Crippen molar-refractivity contribution in [2.45, 2.75) is 117 Å². The molecule has 46 heavy (non-hydrogen) atoms. The molecule has 1 heterocycles. The second-order valence-corrected chi connectivity index (χ2v) is 12.0. The van der Waals surface area contributed by atoms with E-state index in [4.69, 9.17) is 14.2 Å². The average molecular weight is 745 g/mol. The standard InChI is InChI=1S/C39H57N2O4.HI/c1-5-7-8-9-10-11-12-13-14-15-16-21-29-45-37-26-25-33(30-38(37)44-4)31-41(32-34-22-19-20-28-40(34)27-6-2)39(42)35-23-17-18-24-36(35)43-3;/h17-20,22-26,28,30H,5-16,21,27,29,31-32H2,1-4H3;1H/q+1;/p-1. The van der Waals surface area contributed by atoms with Gasteiger partial charge in [0.15, 0.2) is 17.7 Å². The van der Waals surface area contributed by atoms with Gasteiger partial charge in [0.05, 0.1) is 26.4 Å². The number of para-hydroxylation sites is 1. The molecule has 0 fully saturated rings. The summed E-state index contributed by atoms with van der Waals surface area (Å²) in [6, 6.07) is 19.6. The van der Waals surface area contributed by atoms with E-state index in [-0.39, 0.29) is 29.9 Å². The number of unbranched alkanes of at least 4 members (excludes halogenated alkanes) is 11. The molecule has 0 saturated carbocycles. The van der Waals surface area contributed by atoms with Gasteiger partial charge in [-0.2, -0.15) is 0 Å². The lowest BCUT2D eigenvalue weighted by atomic mass is 10.1. The molecule has 0 saturated heterocycles. The van der Waals surface area contributed by atoms with Gasteiger partial charge < -0.3 is 43.1 Å². The predicted molar refractivity (Wildman–Crippen MR) is 183 cm³/mol. The number of nitrogens with zero attached hydrogens (tertiary/aromatic N) is 2. The van der Waals surface area contributed by atoms with Crippen LogP contribution in [-0.2, 0) is 19.6 Å². The zero-order valence-corrected chi connectivity index (χ0v) is 30.9. The minimum absolute atomic E-state index is 0. The number of hydrogen-bond acceptors (Lipinski definition) is 4. The normalized spacial score (nSPS) is 10.7. The predicted octanol–water partition coefficient (Wildman–Crippen LogP) is 6.33. The molecule has 254 valence electrons. The van der Waals surface area contributed by atoms with E-state index in [0.29, 0.717) is 36.8 Å². The second-order valence-electron chi connectivity index (χ2n) is 12.0. The average Bonchev–Trinajstić information content (AvgIpc) is 3.07. The van der Waals surface area contributed by atoms with Gasteiger partial charge in [-0.25, -0.2) is 4.57 Å². The van der Waals surface area contributed by atoms with Crippen LogP contribution >= 0.6 is 0 Å². The Labute approximate surface area is 295 Å². The number of methoxy groups -OCH3 is 2. The summed E-state index contributed by atoms with van der Waals surface area (Å²) in [5, 5.41) is 0. The molecule has 0 aliphatic carbocycles. The van der Waals surface area contributed by atoms with Crippen molar-refractivity contribution in [1.29, 1.82) is 0 Å². The van der Waals surface area contributed by atoms with E-state index in [1.165, 1.54) is 70.6 Å². The summed E-state index contributed by atoms with van der Waals surface area (Å²) in [6.45, 7) is 6.90. The summed E-state index contributed by atoms with van der Waals surface area (Å²) in [7, 11) is 3.27. The highest BCUT2D eigenvalue weighted by atomic mass is 127. The summed E-state index contributed by atoms with van der Waals surface area (Å²) < 4.78 is 19.6. The van der Waals surface area contributed by atoms with Crippen LogP contribution in [0.5, 0.6) is 17.2 Å². The smallest absolute Gasteiger partial charge is 0.258 e.